The number of hydrogen-bond acceptors (Lipinski definition) is 4. The number of piperidine rings is 1. The SMILES string of the molecule is CC.CC(C)OCC(=O)N1CCN(CC2CCNCC2)CC1. The summed E-state index contributed by atoms with van der Waals surface area (Å²) in [6.45, 7) is 15.4. The lowest BCUT2D eigenvalue weighted by Crippen LogP contribution is -2.51. The van der Waals surface area contributed by atoms with Crippen LogP contribution in [0.1, 0.15) is 40.5 Å². The average Bonchev–Trinajstić information content (AvgIpc) is 2.56. The van der Waals surface area contributed by atoms with Crippen molar-refractivity contribution in [2.75, 3.05) is 52.4 Å². The standard InChI is InChI=1S/C15H29N3O2.C2H6/c1-13(2)20-12-15(19)18-9-7-17(8-10-18)11-14-3-5-16-6-4-14;1-2/h13-14,16H,3-12H2,1-2H3;1-2H3. The molecule has 2 aliphatic rings. The molecule has 1 N–H and O–H groups in total. The molecule has 1 amide bonds. The molecule has 0 bridgehead atoms. The van der Waals surface area contributed by atoms with Crippen molar-refractivity contribution >= 4 is 5.91 Å². The fraction of sp³-hybridized carbons (Fsp3) is 0.941. The molecular formula is C17H35N3O2. The van der Waals surface area contributed by atoms with Crippen LogP contribution >= 0.6 is 0 Å². The first kappa shape index (κ1) is 19.4. The van der Waals surface area contributed by atoms with Crippen molar-refractivity contribution in [1.82, 2.24) is 15.1 Å². The first-order valence-corrected chi connectivity index (χ1v) is 8.97. The van der Waals surface area contributed by atoms with Crippen LogP contribution in [0.25, 0.3) is 0 Å². The number of ether oxygens (including phenoxy) is 1. The summed E-state index contributed by atoms with van der Waals surface area (Å²) < 4.78 is 5.39. The molecule has 0 aromatic rings. The number of nitrogens with one attached hydrogen (secondary N) is 1. The van der Waals surface area contributed by atoms with Gasteiger partial charge in [-0.3, -0.25) is 9.69 Å². The Hall–Kier alpha value is -0.650. The third kappa shape index (κ3) is 7.07. The second kappa shape index (κ2) is 11.0. The van der Waals surface area contributed by atoms with Gasteiger partial charge in [-0.15, -0.1) is 0 Å². The van der Waals surface area contributed by atoms with Gasteiger partial charge in [-0.05, 0) is 45.7 Å². The van der Waals surface area contributed by atoms with Gasteiger partial charge in [0.2, 0.25) is 5.91 Å². The third-order valence-corrected chi connectivity index (χ3v) is 4.24. The van der Waals surface area contributed by atoms with Crippen LogP contribution in [0.3, 0.4) is 0 Å². The zero-order chi connectivity index (χ0) is 16.4. The molecule has 0 radical (unpaired) electrons. The number of rotatable bonds is 5. The third-order valence-electron chi connectivity index (χ3n) is 4.24. The first-order chi connectivity index (χ1) is 10.6. The Balaban J connectivity index is 0.00000116. The summed E-state index contributed by atoms with van der Waals surface area (Å²) in [5.74, 6) is 0.975. The van der Waals surface area contributed by atoms with Crippen LogP contribution in [0.15, 0.2) is 0 Å². The maximum Gasteiger partial charge on any atom is 0.248 e. The van der Waals surface area contributed by atoms with Gasteiger partial charge < -0.3 is 15.0 Å². The highest BCUT2D eigenvalue weighted by molar-refractivity contribution is 5.77. The number of nitrogens with zero attached hydrogens (tertiary/aromatic N) is 2. The second-order valence-electron chi connectivity index (χ2n) is 6.23. The van der Waals surface area contributed by atoms with E-state index in [4.69, 9.17) is 4.74 Å². The number of piperazine rings is 1. The Morgan fingerprint density at radius 1 is 1.14 bits per heavy atom. The Kier molecular flexibility index (Phi) is 9.68. The quantitative estimate of drug-likeness (QED) is 0.837. The minimum absolute atomic E-state index is 0.125. The molecule has 2 aliphatic heterocycles. The van der Waals surface area contributed by atoms with E-state index in [1.165, 1.54) is 19.4 Å². The van der Waals surface area contributed by atoms with E-state index in [0.29, 0.717) is 0 Å². The first-order valence-electron chi connectivity index (χ1n) is 8.97. The lowest BCUT2D eigenvalue weighted by Gasteiger charge is -2.37. The number of carbonyl (C=O) groups is 1. The van der Waals surface area contributed by atoms with Crippen LogP contribution < -0.4 is 5.32 Å². The minimum atomic E-state index is 0.125. The van der Waals surface area contributed by atoms with Crippen LogP contribution in [-0.2, 0) is 9.53 Å². The minimum Gasteiger partial charge on any atom is -0.369 e. The van der Waals surface area contributed by atoms with Gasteiger partial charge in [-0.1, -0.05) is 13.8 Å². The van der Waals surface area contributed by atoms with Crippen molar-refractivity contribution in [2.24, 2.45) is 5.92 Å². The second-order valence-corrected chi connectivity index (χ2v) is 6.23. The fourth-order valence-corrected chi connectivity index (χ4v) is 2.94. The van der Waals surface area contributed by atoms with Gasteiger partial charge in [-0.2, -0.15) is 0 Å². The summed E-state index contributed by atoms with van der Waals surface area (Å²) in [6.07, 6.45) is 2.71. The Morgan fingerprint density at radius 2 is 1.73 bits per heavy atom. The lowest BCUT2D eigenvalue weighted by atomic mass is 9.97. The Labute approximate surface area is 136 Å². The lowest BCUT2D eigenvalue weighted by molar-refractivity contribution is -0.139. The van der Waals surface area contributed by atoms with Crippen LogP contribution in [-0.4, -0.2) is 74.2 Å². The molecule has 2 heterocycles. The van der Waals surface area contributed by atoms with Gasteiger partial charge in [0.1, 0.15) is 6.61 Å². The molecule has 2 saturated heterocycles. The van der Waals surface area contributed by atoms with Gasteiger partial charge in [-0.25, -0.2) is 0 Å². The van der Waals surface area contributed by atoms with Crippen LogP contribution in [0.4, 0.5) is 0 Å². The van der Waals surface area contributed by atoms with Gasteiger partial charge in [0, 0.05) is 32.7 Å². The number of carbonyl (C=O) groups excluding carboxylic acids is 1. The summed E-state index contributed by atoms with van der Waals surface area (Å²) in [5, 5.41) is 3.41. The summed E-state index contributed by atoms with van der Waals surface area (Å²) in [7, 11) is 0. The molecule has 5 nitrogen and oxygen atoms in total. The van der Waals surface area contributed by atoms with Crippen molar-refractivity contribution in [3.8, 4) is 0 Å². The predicted octanol–water partition coefficient (Wildman–Crippen LogP) is 1.58. The topological polar surface area (TPSA) is 44.8 Å². The molecule has 0 aromatic carbocycles. The van der Waals surface area contributed by atoms with E-state index in [-0.39, 0.29) is 18.6 Å². The molecule has 0 aromatic heterocycles. The maximum atomic E-state index is 12.0. The fourth-order valence-electron chi connectivity index (χ4n) is 2.94. The predicted molar refractivity (Wildman–Crippen MR) is 91.0 cm³/mol. The Bertz CT molecular complexity index is 296. The van der Waals surface area contributed by atoms with Crippen molar-refractivity contribution in [3.63, 3.8) is 0 Å². The van der Waals surface area contributed by atoms with Crippen molar-refractivity contribution in [1.29, 1.82) is 0 Å². The largest absolute Gasteiger partial charge is 0.369 e. The van der Waals surface area contributed by atoms with Gasteiger partial charge in [0.25, 0.3) is 0 Å². The van der Waals surface area contributed by atoms with E-state index in [1.54, 1.807) is 0 Å². The zero-order valence-electron chi connectivity index (χ0n) is 14.9. The highest BCUT2D eigenvalue weighted by Crippen LogP contribution is 2.14. The number of amides is 1. The van der Waals surface area contributed by atoms with E-state index < -0.39 is 0 Å². The highest BCUT2D eigenvalue weighted by atomic mass is 16.5. The van der Waals surface area contributed by atoms with Crippen LogP contribution in [0.5, 0.6) is 0 Å². The van der Waals surface area contributed by atoms with Crippen LogP contribution in [0.2, 0.25) is 0 Å². The molecule has 0 saturated carbocycles. The van der Waals surface area contributed by atoms with Crippen molar-refractivity contribution in [3.05, 3.63) is 0 Å². The van der Waals surface area contributed by atoms with E-state index in [1.807, 2.05) is 32.6 Å². The molecule has 22 heavy (non-hydrogen) atoms. The molecule has 0 spiro atoms. The molecule has 130 valence electrons. The molecule has 0 unspecified atom stereocenters. The summed E-state index contributed by atoms with van der Waals surface area (Å²) in [6, 6.07) is 0. The van der Waals surface area contributed by atoms with E-state index in [2.05, 4.69) is 10.2 Å². The van der Waals surface area contributed by atoms with E-state index in [0.717, 1.165) is 45.2 Å². The molecule has 0 atom stereocenters. The monoisotopic (exact) mass is 313 g/mol. The average molecular weight is 313 g/mol. The van der Waals surface area contributed by atoms with Crippen molar-refractivity contribution in [2.45, 2.75) is 46.6 Å². The van der Waals surface area contributed by atoms with E-state index in [9.17, 15) is 4.79 Å². The van der Waals surface area contributed by atoms with Gasteiger partial charge >= 0.3 is 0 Å². The molecular weight excluding hydrogens is 278 g/mol. The highest BCUT2D eigenvalue weighted by Gasteiger charge is 2.23. The molecule has 2 rings (SSSR count). The van der Waals surface area contributed by atoms with Gasteiger partial charge in [0.05, 0.1) is 6.10 Å². The maximum absolute atomic E-state index is 12.0. The zero-order valence-corrected chi connectivity index (χ0v) is 14.9. The summed E-state index contributed by atoms with van der Waals surface area (Å²) in [4.78, 5) is 16.4. The van der Waals surface area contributed by atoms with Crippen LogP contribution in [0, 0.1) is 5.92 Å². The van der Waals surface area contributed by atoms with Gasteiger partial charge in [0.15, 0.2) is 0 Å². The van der Waals surface area contributed by atoms with E-state index >= 15 is 0 Å². The summed E-state index contributed by atoms with van der Waals surface area (Å²) in [5.41, 5.74) is 0. The summed E-state index contributed by atoms with van der Waals surface area (Å²) >= 11 is 0. The smallest absolute Gasteiger partial charge is 0.248 e. The molecule has 5 heteroatoms. The number of hydrogen-bond donors (Lipinski definition) is 1. The Morgan fingerprint density at radius 3 is 2.27 bits per heavy atom. The van der Waals surface area contributed by atoms with Crippen molar-refractivity contribution < 1.29 is 9.53 Å². The molecule has 2 fully saturated rings. The molecule has 0 aliphatic carbocycles. The normalized spacial score (nSPS) is 20.7.